The molecule has 0 aromatic carbocycles. The lowest BCUT2D eigenvalue weighted by Crippen LogP contribution is -2.29. The van der Waals surface area contributed by atoms with Crippen LogP contribution < -0.4 is 5.73 Å². The first kappa shape index (κ1) is 13.6. The Morgan fingerprint density at radius 1 is 1.44 bits per heavy atom. The maximum atomic E-state index is 5.91. The van der Waals surface area contributed by atoms with Crippen LogP contribution in [-0.4, -0.2) is 38.0 Å². The van der Waals surface area contributed by atoms with Gasteiger partial charge in [-0.2, -0.15) is 0 Å². The van der Waals surface area contributed by atoms with Gasteiger partial charge < -0.3 is 15.2 Å². The number of methoxy groups -OCH3 is 1. The molecule has 0 fully saturated rings. The molecule has 5 heteroatoms. The molecule has 0 bridgehead atoms. The molecular weight excluding hydrogens is 272 g/mol. The Kier molecular flexibility index (Phi) is 6.56. The first-order chi connectivity index (χ1) is 7.72. The summed E-state index contributed by atoms with van der Waals surface area (Å²) in [4.78, 5) is 4.26. The van der Waals surface area contributed by atoms with Crippen LogP contribution in [0.1, 0.15) is 5.69 Å². The summed E-state index contributed by atoms with van der Waals surface area (Å²) in [5.41, 5.74) is 6.89. The van der Waals surface area contributed by atoms with Gasteiger partial charge in [-0.25, -0.2) is 0 Å². The van der Waals surface area contributed by atoms with Crippen molar-refractivity contribution < 1.29 is 9.47 Å². The number of hydrogen-bond donors (Lipinski definition) is 1. The summed E-state index contributed by atoms with van der Waals surface area (Å²) < 4.78 is 11.2. The second-order valence-electron chi connectivity index (χ2n) is 3.50. The standard InChI is InChI=1S/C11H17BrN2O2/c1-15-4-5-16-8-10(13)6-11-3-2-9(12)7-14-11/h2-3,7,10H,4-6,8,13H2,1H3. The fourth-order valence-electron chi connectivity index (χ4n) is 1.23. The molecule has 1 rings (SSSR count). The fraction of sp³-hybridized carbons (Fsp3) is 0.545. The zero-order valence-corrected chi connectivity index (χ0v) is 10.9. The normalized spacial score (nSPS) is 12.7. The van der Waals surface area contributed by atoms with Gasteiger partial charge in [0.15, 0.2) is 0 Å². The quantitative estimate of drug-likeness (QED) is 0.770. The van der Waals surface area contributed by atoms with E-state index in [0.717, 1.165) is 16.6 Å². The van der Waals surface area contributed by atoms with Gasteiger partial charge in [0, 0.05) is 35.9 Å². The molecule has 16 heavy (non-hydrogen) atoms. The van der Waals surface area contributed by atoms with Crippen LogP contribution in [-0.2, 0) is 15.9 Å². The highest BCUT2D eigenvalue weighted by Crippen LogP contribution is 2.08. The first-order valence-corrected chi connectivity index (χ1v) is 5.94. The number of aromatic nitrogens is 1. The Labute approximate surface area is 104 Å². The van der Waals surface area contributed by atoms with E-state index in [1.54, 1.807) is 13.3 Å². The van der Waals surface area contributed by atoms with E-state index >= 15 is 0 Å². The average molecular weight is 289 g/mol. The molecule has 1 unspecified atom stereocenters. The van der Waals surface area contributed by atoms with Gasteiger partial charge in [0.25, 0.3) is 0 Å². The molecule has 0 aliphatic rings. The molecule has 0 saturated heterocycles. The summed E-state index contributed by atoms with van der Waals surface area (Å²) in [7, 11) is 1.65. The van der Waals surface area contributed by atoms with Gasteiger partial charge in [0.2, 0.25) is 0 Å². The summed E-state index contributed by atoms with van der Waals surface area (Å²) in [5, 5.41) is 0. The highest BCUT2D eigenvalue weighted by Gasteiger charge is 2.05. The largest absolute Gasteiger partial charge is 0.382 e. The van der Waals surface area contributed by atoms with E-state index in [0.29, 0.717) is 19.8 Å². The van der Waals surface area contributed by atoms with Crippen LogP contribution in [0.2, 0.25) is 0 Å². The lowest BCUT2D eigenvalue weighted by Gasteiger charge is -2.11. The molecule has 1 aromatic heterocycles. The Bertz CT molecular complexity index is 293. The summed E-state index contributed by atoms with van der Waals surface area (Å²) in [6, 6.07) is 3.89. The highest BCUT2D eigenvalue weighted by atomic mass is 79.9. The minimum Gasteiger partial charge on any atom is -0.382 e. The lowest BCUT2D eigenvalue weighted by atomic mass is 10.1. The summed E-state index contributed by atoms with van der Waals surface area (Å²) in [6.07, 6.45) is 2.49. The lowest BCUT2D eigenvalue weighted by molar-refractivity contribution is 0.0636. The summed E-state index contributed by atoms with van der Waals surface area (Å²) >= 11 is 3.34. The van der Waals surface area contributed by atoms with Crippen LogP contribution in [0.4, 0.5) is 0 Å². The van der Waals surface area contributed by atoms with Crippen molar-refractivity contribution in [3.63, 3.8) is 0 Å². The molecule has 0 aliphatic heterocycles. The van der Waals surface area contributed by atoms with E-state index < -0.39 is 0 Å². The van der Waals surface area contributed by atoms with Gasteiger partial charge in [-0.1, -0.05) is 0 Å². The Morgan fingerprint density at radius 3 is 2.88 bits per heavy atom. The van der Waals surface area contributed by atoms with Crippen LogP contribution >= 0.6 is 15.9 Å². The molecule has 90 valence electrons. The topological polar surface area (TPSA) is 57.4 Å². The zero-order valence-electron chi connectivity index (χ0n) is 9.36. The minimum atomic E-state index is -0.0227. The molecule has 4 nitrogen and oxygen atoms in total. The molecule has 1 atom stereocenters. The maximum absolute atomic E-state index is 5.91. The Balaban J connectivity index is 2.23. The SMILES string of the molecule is COCCOCC(N)Cc1ccc(Br)cn1. The third-order valence-corrected chi connectivity index (χ3v) is 2.49. The van der Waals surface area contributed by atoms with E-state index in [1.165, 1.54) is 0 Å². The molecule has 0 aliphatic carbocycles. The first-order valence-electron chi connectivity index (χ1n) is 5.15. The molecule has 0 radical (unpaired) electrons. The Hall–Kier alpha value is -0.490. The van der Waals surface area contributed by atoms with Crippen molar-refractivity contribution in [3.8, 4) is 0 Å². The van der Waals surface area contributed by atoms with Gasteiger partial charge in [0.1, 0.15) is 0 Å². The number of nitrogens with two attached hydrogens (primary N) is 1. The summed E-state index contributed by atoms with van der Waals surface area (Å²) in [5.74, 6) is 0. The van der Waals surface area contributed by atoms with Gasteiger partial charge in [-0.05, 0) is 28.1 Å². The van der Waals surface area contributed by atoms with Crippen molar-refractivity contribution in [2.75, 3.05) is 26.9 Å². The molecular formula is C11H17BrN2O2. The summed E-state index contributed by atoms with van der Waals surface area (Å²) in [6.45, 7) is 1.71. The predicted octanol–water partition coefficient (Wildman–Crippen LogP) is 1.38. The van der Waals surface area contributed by atoms with Gasteiger partial charge in [-0.3, -0.25) is 4.98 Å². The van der Waals surface area contributed by atoms with Crippen LogP contribution in [0.15, 0.2) is 22.8 Å². The molecule has 0 amide bonds. The van der Waals surface area contributed by atoms with Crippen LogP contribution in [0.25, 0.3) is 0 Å². The second kappa shape index (κ2) is 7.73. The Morgan fingerprint density at radius 2 is 2.25 bits per heavy atom. The average Bonchev–Trinajstić information content (AvgIpc) is 2.28. The number of rotatable bonds is 7. The number of ether oxygens (including phenoxy) is 2. The van der Waals surface area contributed by atoms with E-state index in [2.05, 4.69) is 20.9 Å². The smallest absolute Gasteiger partial charge is 0.0701 e. The molecule has 0 spiro atoms. The van der Waals surface area contributed by atoms with Crippen molar-refractivity contribution in [1.29, 1.82) is 0 Å². The molecule has 2 N–H and O–H groups in total. The van der Waals surface area contributed by atoms with Crippen molar-refractivity contribution in [1.82, 2.24) is 4.98 Å². The molecule has 1 heterocycles. The van der Waals surface area contributed by atoms with Crippen LogP contribution in [0.3, 0.4) is 0 Å². The fourth-order valence-corrected chi connectivity index (χ4v) is 1.47. The number of nitrogens with zero attached hydrogens (tertiary/aromatic N) is 1. The van der Waals surface area contributed by atoms with Gasteiger partial charge in [0.05, 0.1) is 19.8 Å². The van der Waals surface area contributed by atoms with Crippen molar-refractivity contribution in [2.45, 2.75) is 12.5 Å². The minimum absolute atomic E-state index is 0.0227. The van der Waals surface area contributed by atoms with Crippen molar-refractivity contribution in [2.24, 2.45) is 5.73 Å². The maximum Gasteiger partial charge on any atom is 0.0701 e. The van der Waals surface area contributed by atoms with Crippen LogP contribution in [0, 0.1) is 0 Å². The van der Waals surface area contributed by atoms with Crippen molar-refractivity contribution in [3.05, 3.63) is 28.5 Å². The van der Waals surface area contributed by atoms with E-state index in [9.17, 15) is 0 Å². The van der Waals surface area contributed by atoms with Crippen LogP contribution in [0.5, 0.6) is 0 Å². The van der Waals surface area contributed by atoms with E-state index in [1.807, 2.05) is 12.1 Å². The van der Waals surface area contributed by atoms with Gasteiger partial charge >= 0.3 is 0 Å². The third kappa shape index (κ3) is 5.55. The van der Waals surface area contributed by atoms with E-state index in [-0.39, 0.29) is 6.04 Å². The number of hydrogen-bond acceptors (Lipinski definition) is 4. The van der Waals surface area contributed by atoms with Gasteiger partial charge in [-0.15, -0.1) is 0 Å². The predicted molar refractivity (Wildman–Crippen MR) is 66.3 cm³/mol. The monoisotopic (exact) mass is 288 g/mol. The number of pyridine rings is 1. The molecule has 1 aromatic rings. The molecule has 0 saturated carbocycles. The highest BCUT2D eigenvalue weighted by molar-refractivity contribution is 9.10. The van der Waals surface area contributed by atoms with Crippen molar-refractivity contribution >= 4 is 15.9 Å². The second-order valence-corrected chi connectivity index (χ2v) is 4.42. The number of halogens is 1. The zero-order chi connectivity index (χ0) is 11.8. The third-order valence-electron chi connectivity index (χ3n) is 2.02. The van der Waals surface area contributed by atoms with E-state index in [4.69, 9.17) is 15.2 Å².